The molecule has 0 aliphatic carbocycles. The molecule has 0 bridgehead atoms. The van der Waals surface area contributed by atoms with Crippen LogP contribution in [0.15, 0.2) is 60.8 Å². The van der Waals surface area contributed by atoms with Gasteiger partial charge in [-0.25, -0.2) is 0 Å². The van der Waals surface area contributed by atoms with Gasteiger partial charge in [0.1, 0.15) is 5.69 Å². The summed E-state index contributed by atoms with van der Waals surface area (Å²) in [6.45, 7) is 4.12. The lowest BCUT2D eigenvalue weighted by atomic mass is 9.97. The minimum Gasteiger partial charge on any atom is -0.322 e. The third-order valence-corrected chi connectivity index (χ3v) is 4.64. The van der Waals surface area contributed by atoms with Crippen molar-refractivity contribution in [3.63, 3.8) is 0 Å². The summed E-state index contributed by atoms with van der Waals surface area (Å²) < 4.78 is 0. The molecule has 1 atom stereocenters. The molecule has 0 aliphatic rings. The number of amides is 1. The van der Waals surface area contributed by atoms with Crippen molar-refractivity contribution in [1.82, 2.24) is 10.2 Å². The third kappa shape index (κ3) is 4.20. The summed E-state index contributed by atoms with van der Waals surface area (Å²) in [5, 5.41) is 10.1. The van der Waals surface area contributed by atoms with Gasteiger partial charge in [0.05, 0.1) is 11.6 Å². The van der Waals surface area contributed by atoms with Crippen molar-refractivity contribution in [2.45, 2.75) is 39.0 Å². The molecule has 1 unspecified atom stereocenters. The Labute approximate surface area is 154 Å². The highest BCUT2D eigenvalue weighted by molar-refractivity contribution is 5.98. The van der Waals surface area contributed by atoms with E-state index in [-0.39, 0.29) is 11.8 Å². The second kappa shape index (κ2) is 8.48. The van der Waals surface area contributed by atoms with Crippen LogP contribution in [0.25, 0.3) is 11.3 Å². The molecular weight excluding hydrogens is 322 g/mol. The van der Waals surface area contributed by atoms with Crippen LogP contribution in [-0.4, -0.2) is 16.1 Å². The van der Waals surface area contributed by atoms with Crippen LogP contribution < -0.4 is 5.32 Å². The van der Waals surface area contributed by atoms with Crippen LogP contribution in [0.4, 0.5) is 5.69 Å². The molecule has 0 spiro atoms. The topological polar surface area (TPSA) is 57.8 Å². The maximum absolute atomic E-state index is 12.7. The smallest absolute Gasteiger partial charge is 0.231 e. The molecule has 26 heavy (non-hydrogen) atoms. The van der Waals surface area contributed by atoms with Crippen molar-refractivity contribution < 1.29 is 4.79 Å². The van der Waals surface area contributed by atoms with E-state index in [1.54, 1.807) is 6.20 Å². The Kier molecular flexibility index (Phi) is 5.84. The average Bonchev–Trinajstić information content (AvgIpc) is 3.15. The van der Waals surface area contributed by atoms with Crippen LogP contribution in [-0.2, 0) is 11.2 Å². The number of aryl methyl sites for hydroxylation is 1. The van der Waals surface area contributed by atoms with Gasteiger partial charge in [0.2, 0.25) is 5.91 Å². The first-order valence-corrected chi connectivity index (χ1v) is 9.18. The summed E-state index contributed by atoms with van der Waals surface area (Å²) >= 11 is 0. The number of hydrogen-bond donors (Lipinski definition) is 2. The second-order valence-corrected chi connectivity index (χ2v) is 6.57. The summed E-state index contributed by atoms with van der Waals surface area (Å²) in [7, 11) is 0. The summed E-state index contributed by atoms with van der Waals surface area (Å²) in [5.41, 5.74) is 4.77. The van der Waals surface area contributed by atoms with E-state index in [0.29, 0.717) is 5.69 Å². The number of nitrogens with one attached hydrogen (secondary N) is 2. The van der Waals surface area contributed by atoms with Crippen LogP contribution in [0.3, 0.4) is 0 Å². The molecule has 3 aromatic rings. The SMILES string of the molecule is CCCCc1ccc(C(C)C(=O)Nc2c[nH]nc2-c2ccccc2)cc1. The fourth-order valence-corrected chi connectivity index (χ4v) is 2.95. The molecule has 0 saturated carbocycles. The van der Waals surface area contributed by atoms with Gasteiger partial charge in [0.15, 0.2) is 0 Å². The van der Waals surface area contributed by atoms with E-state index >= 15 is 0 Å². The lowest BCUT2D eigenvalue weighted by Crippen LogP contribution is -2.19. The summed E-state index contributed by atoms with van der Waals surface area (Å²) in [5.74, 6) is -0.265. The number of carbonyl (C=O) groups excluding carboxylic acids is 1. The van der Waals surface area contributed by atoms with E-state index in [0.717, 1.165) is 23.2 Å². The molecule has 3 rings (SSSR count). The monoisotopic (exact) mass is 347 g/mol. The molecule has 4 heteroatoms. The summed E-state index contributed by atoms with van der Waals surface area (Å²) in [4.78, 5) is 12.7. The van der Waals surface area contributed by atoms with Crippen LogP contribution in [0.2, 0.25) is 0 Å². The van der Waals surface area contributed by atoms with Gasteiger partial charge in [-0.2, -0.15) is 5.10 Å². The standard InChI is InChI=1S/C22H25N3O/c1-3-4-8-17-11-13-18(14-12-17)16(2)22(26)24-20-15-23-25-21(20)19-9-6-5-7-10-19/h5-7,9-16H,3-4,8H2,1-2H3,(H,23,25)(H,24,26). The predicted octanol–water partition coefficient (Wildman–Crippen LogP) is 5.16. The average molecular weight is 347 g/mol. The van der Waals surface area contributed by atoms with E-state index < -0.39 is 0 Å². The third-order valence-electron chi connectivity index (χ3n) is 4.64. The number of anilines is 1. The number of carbonyl (C=O) groups is 1. The lowest BCUT2D eigenvalue weighted by molar-refractivity contribution is -0.117. The molecule has 2 aromatic carbocycles. The second-order valence-electron chi connectivity index (χ2n) is 6.57. The maximum Gasteiger partial charge on any atom is 0.231 e. The van der Waals surface area contributed by atoms with Crippen molar-refractivity contribution >= 4 is 11.6 Å². The van der Waals surface area contributed by atoms with Gasteiger partial charge >= 0.3 is 0 Å². The fourth-order valence-electron chi connectivity index (χ4n) is 2.95. The number of nitrogens with zero attached hydrogens (tertiary/aromatic N) is 1. The highest BCUT2D eigenvalue weighted by atomic mass is 16.1. The van der Waals surface area contributed by atoms with Crippen molar-refractivity contribution in [2.75, 3.05) is 5.32 Å². The molecule has 1 amide bonds. The van der Waals surface area contributed by atoms with E-state index in [9.17, 15) is 4.79 Å². The number of aromatic amines is 1. The molecule has 0 fully saturated rings. The van der Waals surface area contributed by atoms with E-state index in [1.807, 2.05) is 37.3 Å². The van der Waals surface area contributed by atoms with Crippen LogP contribution >= 0.6 is 0 Å². The van der Waals surface area contributed by atoms with Gasteiger partial charge in [-0.15, -0.1) is 0 Å². The Morgan fingerprint density at radius 1 is 1.12 bits per heavy atom. The minimum atomic E-state index is -0.228. The van der Waals surface area contributed by atoms with Gasteiger partial charge in [-0.3, -0.25) is 9.89 Å². The minimum absolute atomic E-state index is 0.0371. The molecule has 2 N–H and O–H groups in total. The Hall–Kier alpha value is -2.88. The van der Waals surface area contributed by atoms with E-state index in [1.165, 1.54) is 18.4 Å². The number of unbranched alkanes of at least 4 members (excludes halogenated alkanes) is 1. The van der Waals surface area contributed by atoms with Gasteiger partial charge < -0.3 is 5.32 Å². The number of hydrogen-bond acceptors (Lipinski definition) is 2. The molecule has 1 heterocycles. The largest absolute Gasteiger partial charge is 0.322 e. The fraction of sp³-hybridized carbons (Fsp3) is 0.273. The van der Waals surface area contributed by atoms with Gasteiger partial charge in [0, 0.05) is 11.8 Å². The first kappa shape index (κ1) is 17.9. The maximum atomic E-state index is 12.7. The predicted molar refractivity (Wildman–Crippen MR) is 106 cm³/mol. The number of H-pyrrole nitrogens is 1. The van der Waals surface area contributed by atoms with E-state index in [2.05, 4.69) is 46.7 Å². The normalized spacial score (nSPS) is 11.9. The first-order valence-electron chi connectivity index (χ1n) is 9.18. The van der Waals surface area contributed by atoms with Crippen LogP contribution in [0.5, 0.6) is 0 Å². The van der Waals surface area contributed by atoms with Crippen molar-refractivity contribution in [3.05, 3.63) is 71.9 Å². The van der Waals surface area contributed by atoms with Gasteiger partial charge in [-0.1, -0.05) is 67.9 Å². The molecule has 1 aromatic heterocycles. The van der Waals surface area contributed by atoms with Crippen LogP contribution in [0.1, 0.15) is 43.7 Å². The molecule has 0 radical (unpaired) electrons. The molecule has 4 nitrogen and oxygen atoms in total. The highest BCUT2D eigenvalue weighted by Crippen LogP contribution is 2.26. The van der Waals surface area contributed by atoms with Crippen molar-refractivity contribution in [2.24, 2.45) is 0 Å². The van der Waals surface area contributed by atoms with Crippen LogP contribution in [0, 0.1) is 0 Å². The first-order chi connectivity index (χ1) is 12.7. The zero-order valence-electron chi connectivity index (χ0n) is 15.3. The van der Waals surface area contributed by atoms with Crippen molar-refractivity contribution in [1.29, 1.82) is 0 Å². The number of benzene rings is 2. The Morgan fingerprint density at radius 3 is 2.54 bits per heavy atom. The zero-order valence-corrected chi connectivity index (χ0v) is 15.3. The Morgan fingerprint density at radius 2 is 1.85 bits per heavy atom. The quantitative estimate of drug-likeness (QED) is 0.620. The van der Waals surface area contributed by atoms with Gasteiger partial charge in [0.25, 0.3) is 0 Å². The Bertz CT molecular complexity index is 837. The number of rotatable bonds is 7. The highest BCUT2D eigenvalue weighted by Gasteiger charge is 2.18. The zero-order chi connectivity index (χ0) is 18.4. The number of aromatic nitrogens is 2. The molecular formula is C22H25N3O. The molecule has 134 valence electrons. The van der Waals surface area contributed by atoms with E-state index in [4.69, 9.17) is 0 Å². The lowest BCUT2D eigenvalue weighted by Gasteiger charge is -2.13. The van der Waals surface area contributed by atoms with Crippen molar-refractivity contribution in [3.8, 4) is 11.3 Å². The Balaban J connectivity index is 1.70. The summed E-state index contributed by atoms with van der Waals surface area (Å²) in [6, 6.07) is 18.2. The molecule has 0 aliphatic heterocycles. The van der Waals surface area contributed by atoms with Gasteiger partial charge in [-0.05, 0) is 30.9 Å². The molecule has 0 saturated heterocycles. The summed E-state index contributed by atoms with van der Waals surface area (Å²) in [6.07, 6.45) is 5.20.